The zero-order valence-corrected chi connectivity index (χ0v) is 20.3. The summed E-state index contributed by atoms with van der Waals surface area (Å²) in [5, 5.41) is 2.14. The van der Waals surface area contributed by atoms with Crippen molar-refractivity contribution in [3.8, 4) is 0 Å². The topological polar surface area (TPSA) is 23.3 Å². The van der Waals surface area contributed by atoms with Crippen LogP contribution in [0.1, 0.15) is 56.6 Å². The van der Waals surface area contributed by atoms with Crippen molar-refractivity contribution in [2.24, 2.45) is 34.5 Å². The van der Waals surface area contributed by atoms with Crippen molar-refractivity contribution in [3.05, 3.63) is 83.9 Å². The highest BCUT2D eigenvalue weighted by Gasteiger charge is 2.78. The summed E-state index contributed by atoms with van der Waals surface area (Å²) in [6, 6.07) is 21.9. The van der Waals surface area contributed by atoms with Crippen LogP contribution in [0.25, 0.3) is 0 Å². The third kappa shape index (κ3) is 2.59. The highest BCUT2D eigenvalue weighted by Crippen LogP contribution is 2.69. The summed E-state index contributed by atoms with van der Waals surface area (Å²) in [6.45, 7) is 5.42. The van der Waals surface area contributed by atoms with Crippen LogP contribution < -0.4 is 0 Å². The second-order valence-corrected chi connectivity index (χ2v) is 12.0. The van der Waals surface area contributed by atoms with E-state index in [2.05, 4.69) is 103 Å². The summed E-state index contributed by atoms with van der Waals surface area (Å²) in [5.74, 6) is 3.17. The predicted octanol–water partition coefficient (Wildman–Crippen LogP) is 5.83. The average Bonchev–Trinajstić information content (AvgIpc) is 3.62. The van der Waals surface area contributed by atoms with Gasteiger partial charge < -0.3 is 0 Å². The fraction of sp³-hybridized carbons (Fsp3) is 0.484. The summed E-state index contributed by atoms with van der Waals surface area (Å²) in [5.41, 5.74) is 2.49. The number of allylic oxidation sites excluding steroid dienone is 2. The molecule has 2 aromatic rings. The average molecular weight is 452 g/mol. The lowest BCUT2D eigenvalue weighted by molar-refractivity contribution is -0.689. The highest BCUT2D eigenvalue weighted by atomic mass is 16.2. The van der Waals surface area contributed by atoms with E-state index >= 15 is 0 Å². The molecule has 1 amide bonds. The number of hydrogen-bond donors (Lipinski definition) is 0. The lowest BCUT2D eigenvalue weighted by Gasteiger charge is -2.31. The number of benzene rings is 2. The Kier molecular flexibility index (Phi) is 4.36. The van der Waals surface area contributed by atoms with Gasteiger partial charge in [0.2, 0.25) is 0 Å². The monoisotopic (exact) mass is 451 g/mol. The van der Waals surface area contributed by atoms with Gasteiger partial charge in [0.25, 0.3) is 5.91 Å². The maximum absolute atomic E-state index is 14.3. The molecule has 5 aliphatic rings. The number of fused-ring (bicyclic) bond motifs is 3. The summed E-state index contributed by atoms with van der Waals surface area (Å²) < 4.78 is 2.46. The van der Waals surface area contributed by atoms with Crippen LogP contribution >= 0.6 is 0 Å². The van der Waals surface area contributed by atoms with Gasteiger partial charge in [-0.15, -0.1) is 9.69 Å². The number of hydrazine groups is 1. The van der Waals surface area contributed by atoms with Gasteiger partial charge in [-0.3, -0.25) is 4.79 Å². The summed E-state index contributed by atoms with van der Waals surface area (Å²) in [7, 11) is 0. The van der Waals surface area contributed by atoms with Gasteiger partial charge in [-0.1, -0.05) is 86.7 Å². The zero-order chi connectivity index (χ0) is 23.1. The first kappa shape index (κ1) is 20.7. The highest BCUT2D eigenvalue weighted by molar-refractivity contribution is 5.86. The van der Waals surface area contributed by atoms with Gasteiger partial charge in [0.05, 0.1) is 5.92 Å². The first-order valence-corrected chi connectivity index (χ1v) is 13.2. The Balaban J connectivity index is 1.34. The third-order valence-corrected chi connectivity index (χ3v) is 10.6. The fourth-order valence-electron chi connectivity index (χ4n) is 8.77. The molecule has 2 aromatic carbocycles. The molecule has 7 rings (SSSR count). The second kappa shape index (κ2) is 7.16. The first-order chi connectivity index (χ1) is 16.5. The fourth-order valence-corrected chi connectivity index (χ4v) is 8.77. The molecule has 3 heteroatoms. The van der Waals surface area contributed by atoms with Gasteiger partial charge in [0, 0.05) is 12.3 Å². The van der Waals surface area contributed by atoms with E-state index in [4.69, 9.17) is 0 Å². The molecule has 0 radical (unpaired) electrons. The Morgan fingerprint density at radius 1 is 0.971 bits per heavy atom. The number of rotatable bonds is 4. The zero-order valence-electron chi connectivity index (χ0n) is 20.3. The van der Waals surface area contributed by atoms with Crippen molar-refractivity contribution >= 4 is 12.1 Å². The van der Waals surface area contributed by atoms with Gasteiger partial charge >= 0.3 is 0 Å². The molecular weight excluding hydrogens is 416 g/mol. The molecule has 0 N–H and O–H groups in total. The molecule has 3 nitrogen and oxygen atoms in total. The Labute approximate surface area is 203 Å². The largest absolute Gasteiger partial charge is 0.291 e. The van der Waals surface area contributed by atoms with E-state index in [1.165, 1.54) is 24.0 Å². The summed E-state index contributed by atoms with van der Waals surface area (Å²) in [6.07, 6.45) is 12.0. The Morgan fingerprint density at radius 3 is 2.41 bits per heavy atom. The lowest BCUT2D eigenvalue weighted by atomic mass is 9.67. The molecule has 1 heterocycles. The molecule has 4 bridgehead atoms. The van der Waals surface area contributed by atoms with Crippen molar-refractivity contribution in [1.82, 2.24) is 5.01 Å². The molecule has 3 saturated carbocycles. The van der Waals surface area contributed by atoms with Crippen LogP contribution in [0.2, 0.25) is 0 Å². The minimum atomic E-state index is -0.237. The normalized spacial score (nSPS) is 40.0. The van der Waals surface area contributed by atoms with Crippen LogP contribution in [0.3, 0.4) is 0 Å². The Morgan fingerprint density at radius 2 is 1.68 bits per heavy atom. The molecule has 7 atom stereocenters. The summed E-state index contributed by atoms with van der Waals surface area (Å²) in [4.78, 5) is 14.3. The number of nitrogens with zero attached hydrogens (tertiary/aromatic N) is 2. The molecule has 4 aliphatic carbocycles. The lowest BCUT2D eigenvalue weighted by Crippen LogP contribution is -2.43. The van der Waals surface area contributed by atoms with E-state index in [-0.39, 0.29) is 10.8 Å². The van der Waals surface area contributed by atoms with Crippen LogP contribution in [0.5, 0.6) is 0 Å². The molecule has 1 aliphatic heterocycles. The van der Waals surface area contributed by atoms with Crippen molar-refractivity contribution < 1.29 is 9.48 Å². The maximum Gasteiger partial charge on any atom is 0.291 e. The quantitative estimate of drug-likeness (QED) is 0.424. The van der Waals surface area contributed by atoms with Gasteiger partial charge in [-0.05, 0) is 53.6 Å². The van der Waals surface area contributed by atoms with E-state index in [0.717, 1.165) is 12.8 Å². The number of hydrogen-bond acceptors (Lipinski definition) is 1. The first-order valence-electron chi connectivity index (χ1n) is 13.2. The number of hydrazone groups is 1. The SMILES string of the molecule is CC1(C)[C@@H]2CC[C@]13C(=O)N(Cc1ccccc1)/[N+](=C/[C@H]1[C@H](c4ccccc4)[C@@H]4C=C[C@H]1C4)[C@@H]3C2. The molecule has 1 spiro atoms. The molecule has 174 valence electrons. The van der Waals surface area contributed by atoms with Gasteiger partial charge in [0.15, 0.2) is 12.3 Å². The molecule has 34 heavy (non-hydrogen) atoms. The van der Waals surface area contributed by atoms with Crippen molar-refractivity contribution in [2.45, 2.75) is 58.0 Å². The minimum absolute atomic E-state index is 0.0691. The molecule has 4 fully saturated rings. The van der Waals surface area contributed by atoms with Gasteiger partial charge in [0.1, 0.15) is 12.0 Å². The smallest absolute Gasteiger partial charge is 0.268 e. The molecular formula is C31H35N2O+. The van der Waals surface area contributed by atoms with E-state index in [9.17, 15) is 4.79 Å². The maximum atomic E-state index is 14.3. The van der Waals surface area contributed by atoms with Crippen molar-refractivity contribution in [2.75, 3.05) is 0 Å². The number of amides is 1. The van der Waals surface area contributed by atoms with Crippen LogP contribution in [-0.4, -0.2) is 27.9 Å². The van der Waals surface area contributed by atoms with E-state index in [1.54, 1.807) is 0 Å². The number of carbonyl (C=O) groups excluding carboxylic acids is 1. The second-order valence-electron chi connectivity index (χ2n) is 12.0. The van der Waals surface area contributed by atoms with E-state index in [1.807, 2.05) is 0 Å². The predicted molar refractivity (Wildman–Crippen MR) is 134 cm³/mol. The number of carbonyl (C=O) groups is 1. The van der Waals surface area contributed by atoms with E-state index < -0.39 is 0 Å². The van der Waals surface area contributed by atoms with Gasteiger partial charge in [-0.25, -0.2) is 0 Å². The molecule has 0 unspecified atom stereocenters. The minimum Gasteiger partial charge on any atom is -0.268 e. The van der Waals surface area contributed by atoms with Crippen molar-refractivity contribution in [1.29, 1.82) is 0 Å². The van der Waals surface area contributed by atoms with Crippen LogP contribution in [0, 0.1) is 34.5 Å². The Hall–Kier alpha value is -2.68. The third-order valence-electron chi connectivity index (χ3n) is 10.6. The van der Waals surface area contributed by atoms with E-state index in [0.29, 0.717) is 48.1 Å². The van der Waals surface area contributed by atoms with Gasteiger partial charge in [-0.2, -0.15) is 0 Å². The van der Waals surface area contributed by atoms with Crippen LogP contribution in [0.15, 0.2) is 72.8 Å². The van der Waals surface area contributed by atoms with Crippen LogP contribution in [0.4, 0.5) is 0 Å². The molecule has 1 saturated heterocycles. The van der Waals surface area contributed by atoms with Crippen LogP contribution in [-0.2, 0) is 11.3 Å². The Bertz CT molecular complexity index is 1180. The molecule has 0 aromatic heterocycles. The van der Waals surface area contributed by atoms with Crippen molar-refractivity contribution in [3.63, 3.8) is 0 Å². The standard InChI is InChI=1S/C31H35N2O/c1-30(2)25-15-16-31(30)27(18-25)32(33(29(31)34)19-21-9-5-3-6-10-21)20-26-23-13-14-24(17-23)28(26)22-11-7-4-8-12-22/h3-14,20,23-28H,15-19H2,1-2H3/q+1/b32-20+/t23-,24+,25+,26+,27+,28+,31-/m0/s1. The summed E-state index contributed by atoms with van der Waals surface area (Å²) >= 11 is 0.